The molecular formula is C27H40N2. The van der Waals surface area contributed by atoms with Crippen LogP contribution >= 0.6 is 0 Å². The van der Waals surface area contributed by atoms with E-state index in [1.54, 1.807) is 0 Å². The fourth-order valence-electron chi connectivity index (χ4n) is 2.71. The lowest BCUT2D eigenvalue weighted by atomic mass is 10.2. The summed E-state index contributed by atoms with van der Waals surface area (Å²) in [6.07, 6.45) is 2.06. The van der Waals surface area contributed by atoms with Gasteiger partial charge in [-0.25, -0.2) is 0 Å². The second-order valence-corrected chi connectivity index (χ2v) is 6.91. The van der Waals surface area contributed by atoms with Crippen LogP contribution in [0.4, 0.5) is 0 Å². The maximum absolute atomic E-state index is 4.35. The predicted octanol–water partition coefficient (Wildman–Crippen LogP) is 7.54. The van der Waals surface area contributed by atoms with Crippen LogP contribution < -0.4 is 0 Å². The van der Waals surface area contributed by atoms with Crippen molar-refractivity contribution < 1.29 is 0 Å². The first-order chi connectivity index (χ1) is 13.8. The Bertz CT molecular complexity index is 785. The topological polar surface area (TPSA) is 25.8 Å². The summed E-state index contributed by atoms with van der Waals surface area (Å²) in [5.41, 5.74) is 8.58. The Morgan fingerprint density at radius 1 is 0.552 bits per heavy atom. The Labute approximate surface area is 179 Å². The van der Waals surface area contributed by atoms with Crippen LogP contribution in [0.25, 0.3) is 0 Å². The van der Waals surface area contributed by atoms with Crippen molar-refractivity contribution in [2.24, 2.45) is 0 Å². The highest BCUT2D eigenvalue weighted by atomic mass is 14.7. The Morgan fingerprint density at radius 3 is 1.45 bits per heavy atom. The molecule has 3 rings (SSSR count). The number of hydrogen-bond donors (Lipinski definition) is 0. The van der Waals surface area contributed by atoms with E-state index in [0.717, 1.165) is 24.2 Å². The molecule has 29 heavy (non-hydrogen) atoms. The quantitative estimate of drug-likeness (QED) is 0.450. The molecule has 0 bridgehead atoms. The van der Waals surface area contributed by atoms with Crippen LogP contribution in [0.1, 0.15) is 67.2 Å². The highest BCUT2D eigenvalue weighted by Crippen LogP contribution is 2.04. The summed E-state index contributed by atoms with van der Waals surface area (Å²) in [7, 11) is 0. The van der Waals surface area contributed by atoms with Gasteiger partial charge in [0.2, 0.25) is 0 Å². The average Bonchev–Trinajstić information content (AvgIpc) is 2.69. The third-order valence-electron chi connectivity index (χ3n) is 3.99. The van der Waals surface area contributed by atoms with E-state index < -0.39 is 0 Å². The second kappa shape index (κ2) is 15.4. The Kier molecular flexibility index (Phi) is 14.1. The molecule has 0 aliphatic carbocycles. The summed E-state index contributed by atoms with van der Waals surface area (Å²) >= 11 is 0. The minimum absolute atomic E-state index is 1.03. The maximum Gasteiger partial charge on any atom is 0.0406 e. The first-order valence-electron chi connectivity index (χ1n) is 10.7. The van der Waals surface area contributed by atoms with Gasteiger partial charge in [-0.15, -0.1) is 0 Å². The molecule has 1 aromatic carbocycles. The lowest BCUT2D eigenvalue weighted by Gasteiger charge is -1.99. The van der Waals surface area contributed by atoms with Gasteiger partial charge in [-0.1, -0.05) is 69.2 Å². The normalized spacial score (nSPS) is 9.14. The largest absolute Gasteiger partial charge is 0.258 e. The van der Waals surface area contributed by atoms with Crippen molar-refractivity contribution in [1.82, 2.24) is 9.97 Å². The fraction of sp³-hybridized carbons (Fsp3) is 0.407. The summed E-state index contributed by atoms with van der Waals surface area (Å²) in [6, 6.07) is 18.8. The summed E-state index contributed by atoms with van der Waals surface area (Å²) in [6.45, 7) is 18.6. The Hall–Kier alpha value is -2.48. The highest BCUT2D eigenvalue weighted by molar-refractivity contribution is 5.20. The Morgan fingerprint density at radius 2 is 1.07 bits per heavy atom. The zero-order valence-corrected chi connectivity index (χ0v) is 20.0. The molecule has 0 unspecified atom stereocenters. The van der Waals surface area contributed by atoms with Crippen molar-refractivity contribution >= 4 is 0 Å². The zero-order chi connectivity index (χ0) is 22.2. The second-order valence-electron chi connectivity index (χ2n) is 6.91. The van der Waals surface area contributed by atoms with E-state index in [0.29, 0.717) is 0 Å². The minimum Gasteiger partial charge on any atom is -0.258 e. The Balaban J connectivity index is 0.000000390. The maximum atomic E-state index is 4.35. The van der Waals surface area contributed by atoms with Crippen LogP contribution in [0, 0.1) is 34.6 Å². The highest BCUT2D eigenvalue weighted by Gasteiger charge is 1.92. The lowest BCUT2D eigenvalue weighted by molar-refractivity contribution is 0.997. The summed E-state index contributed by atoms with van der Waals surface area (Å²) < 4.78 is 0. The molecule has 0 amide bonds. The van der Waals surface area contributed by atoms with E-state index in [4.69, 9.17) is 0 Å². The fourth-order valence-corrected chi connectivity index (χ4v) is 2.71. The molecule has 2 nitrogen and oxygen atoms in total. The number of nitrogens with zero attached hydrogens (tertiary/aromatic N) is 2. The molecule has 0 saturated carbocycles. The van der Waals surface area contributed by atoms with Crippen LogP contribution in [0.15, 0.2) is 54.6 Å². The van der Waals surface area contributed by atoms with Crippen molar-refractivity contribution in [3.8, 4) is 0 Å². The molecular weight excluding hydrogens is 352 g/mol. The van der Waals surface area contributed by atoms with Crippen LogP contribution in [0.3, 0.4) is 0 Å². The van der Waals surface area contributed by atoms with Gasteiger partial charge in [0, 0.05) is 22.8 Å². The van der Waals surface area contributed by atoms with Crippen LogP contribution in [0.5, 0.6) is 0 Å². The van der Waals surface area contributed by atoms with Gasteiger partial charge in [0.15, 0.2) is 0 Å². The average molecular weight is 393 g/mol. The van der Waals surface area contributed by atoms with Crippen molar-refractivity contribution in [2.75, 3.05) is 0 Å². The molecule has 2 heterocycles. The smallest absolute Gasteiger partial charge is 0.0406 e. The van der Waals surface area contributed by atoms with Gasteiger partial charge >= 0.3 is 0 Å². The molecule has 0 radical (unpaired) electrons. The molecule has 3 aromatic rings. The summed E-state index contributed by atoms with van der Waals surface area (Å²) in [4.78, 5) is 8.64. The van der Waals surface area contributed by atoms with Gasteiger partial charge < -0.3 is 0 Å². The van der Waals surface area contributed by atoms with Crippen molar-refractivity contribution in [3.05, 3.63) is 94.1 Å². The molecule has 2 aromatic heterocycles. The van der Waals surface area contributed by atoms with Crippen LogP contribution in [-0.4, -0.2) is 9.97 Å². The molecule has 0 spiro atoms. The van der Waals surface area contributed by atoms with Gasteiger partial charge in [-0.2, -0.15) is 0 Å². The molecule has 0 saturated heterocycles. The molecule has 0 atom stereocenters. The van der Waals surface area contributed by atoms with Gasteiger partial charge in [-0.05, 0) is 77.3 Å². The number of hydrogen-bond acceptors (Lipinski definition) is 2. The van der Waals surface area contributed by atoms with E-state index >= 15 is 0 Å². The monoisotopic (exact) mass is 392 g/mol. The molecule has 0 aliphatic rings. The molecule has 0 aliphatic heterocycles. The van der Waals surface area contributed by atoms with Crippen molar-refractivity contribution in [3.63, 3.8) is 0 Å². The van der Waals surface area contributed by atoms with Crippen LogP contribution in [0.2, 0.25) is 0 Å². The van der Waals surface area contributed by atoms with Crippen molar-refractivity contribution in [2.45, 2.75) is 75.2 Å². The molecule has 2 heteroatoms. The van der Waals surface area contributed by atoms with E-state index in [-0.39, 0.29) is 0 Å². The van der Waals surface area contributed by atoms with Gasteiger partial charge in [0.1, 0.15) is 0 Å². The third-order valence-corrected chi connectivity index (χ3v) is 3.99. The van der Waals surface area contributed by atoms with E-state index in [1.165, 1.54) is 28.1 Å². The third kappa shape index (κ3) is 12.6. The van der Waals surface area contributed by atoms with Crippen LogP contribution in [-0.2, 0) is 12.8 Å². The number of pyridine rings is 2. The summed E-state index contributed by atoms with van der Waals surface area (Å²) in [5, 5.41) is 0. The number of benzene rings is 1. The molecule has 0 N–H and O–H groups in total. The SMILES string of the molecule is CC.CCc1cc(C)cc(C)n1.CCc1cccc(C)n1.Cc1cccc(C)c1. The first kappa shape index (κ1) is 26.5. The van der Waals surface area contributed by atoms with E-state index in [1.807, 2.05) is 45.9 Å². The minimum atomic E-state index is 1.03. The first-order valence-corrected chi connectivity index (χ1v) is 10.7. The number of rotatable bonds is 2. The van der Waals surface area contributed by atoms with Gasteiger partial charge in [0.25, 0.3) is 0 Å². The number of aryl methyl sites for hydroxylation is 7. The number of aromatic nitrogens is 2. The standard InChI is InChI=1S/C9H13N.C8H11N.C8H10.C2H6/c1-4-9-6-7(2)5-8(3)10-9;1-3-8-6-4-5-7(2)9-8;1-7-4-3-5-8(2)6-7;1-2/h5-6H,4H2,1-3H3;4-6H,3H2,1-2H3;3-6H,1-2H3;1-2H3. The van der Waals surface area contributed by atoms with Gasteiger partial charge in [0.05, 0.1) is 0 Å². The lowest BCUT2D eigenvalue weighted by Crippen LogP contribution is -1.90. The summed E-state index contributed by atoms with van der Waals surface area (Å²) in [5.74, 6) is 0. The van der Waals surface area contributed by atoms with Gasteiger partial charge in [-0.3, -0.25) is 9.97 Å². The van der Waals surface area contributed by atoms with Crippen molar-refractivity contribution in [1.29, 1.82) is 0 Å². The molecule has 0 fully saturated rings. The predicted molar refractivity (Wildman–Crippen MR) is 129 cm³/mol. The van der Waals surface area contributed by atoms with E-state index in [2.05, 4.69) is 81.0 Å². The molecule has 158 valence electrons. The van der Waals surface area contributed by atoms with E-state index in [9.17, 15) is 0 Å². The zero-order valence-electron chi connectivity index (χ0n) is 20.0.